The summed E-state index contributed by atoms with van der Waals surface area (Å²) in [5, 5.41) is 18.6. The lowest BCUT2D eigenvalue weighted by molar-refractivity contribution is -0.140. The molecule has 0 aromatic carbocycles. The topological polar surface area (TPSA) is 64.3 Å². The molecule has 0 aromatic heterocycles. The summed E-state index contributed by atoms with van der Waals surface area (Å²) >= 11 is 0. The van der Waals surface area contributed by atoms with Crippen molar-refractivity contribution in [1.82, 2.24) is 4.90 Å². The Morgan fingerprint density at radius 1 is 1.39 bits per heavy atom. The van der Waals surface area contributed by atoms with Gasteiger partial charge in [-0.3, -0.25) is 4.79 Å². The van der Waals surface area contributed by atoms with Gasteiger partial charge in [0.2, 0.25) is 5.91 Å². The molecule has 4 nitrogen and oxygen atoms in total. The number of hydrogen-bond donors (Lipinski definition) is 1. The number of aliphatic hydroxyl groups excluding tert-OH is 1. The Labute approximate surface area is 109 Å². The summed E-state index contributed by atoms with van der Waals surface area (Å²) in [5.41, 5.74) is -0.768. The molecule has 2 rings (SSSR count). The predicted octanol–water partition coefficient (Wildman–Crippen LogP) is 1.69. The Bertz CT molecular complexity index is 349. The molecule has 0 radical (unpaired) electrons. The summed E-state index contributed by atoms with van der Waals surface area (Å²) < 4.78 is 0. The van der Waals surface area contributed by atoms with Gasteiger partial charge in [-0.1, -0.05) is 19.3 Å². The smallest absolute Gasteiger partial charge is 0.242 e. The molecular weight excluding hydrogens is 228 g/mol. The minimum absolute atomic E-state index is 0.00825. The zero-order chi connectivity index (χ0) is 13.2. The third kappa shape index (κ3) is 2.51. The molecule has 1 N–H and O–H groups in total. The molecule has 0 saturated heterocycles. The van der Waals surface area contributed by atoms with Crippen LogP contribution in [0.1, 0.15) is 44.9 Å². The summed E-state index contributed by atoms with van der Waals surface area (Å²) in [7, 11) is 1.79. The summed E-state index contributed by atoms with van der Waals surface area (Å²) in [5.74, 6) is 0.402. The average molecular weight is 250 g/mol. The van der Waals surface area contributed by atoms with Crippen LogP contribution in [0.2, 0.25) is 0 Å². The quantitative estimate of drug-likeness (QED) is 0.829. The molecule has 2 aliphatic rings. The molecule has 0 aromatic rings. The van der Waals surface area contributed by atoms with Crippen molar-refractivity contribution in [1.29, 1.82) is 5.26 Å². The van der Waals surface area contributed by atoms with Crippen molar-refractivity contribution in [3.05, 3.63) is 0 Å². The Hall–Kier alpha value is -1.08. The monoisotopic (exact) mass is 250 g/mol. The van der Waals surface area contributed by atoms with E-state index in [0.717, 1.165) is 32.1 Å². The van der Waals surface area contributed by atoms with Gasteiger partial charge in [0.05, 0.1) is 12.2 Å². The number of carbonyl (C=O) groups excluding carboxylic acids is 1. The first kappa shape index (κ1) is 13.4. The molecule has 1 amide bonds. The Kier molecular flexibility index (Phi) is 3.91. The minimum atomic E-state index is -0.768. The molecule has 0 spiro atoms. The van der Waals surface area contributed by atoms with Crippen LogP contribution in [0.15, 0.2) is 0 Å². The lowest BCUT2D eigenvalue weighted by Crippen LogP contribution is -2.46. The van der Waals surface area contributed by atoms with Crippen LogP contribution in [0, 0.1) is 22.7 Å². The molecular formula is C14H22N2O2. The van der Waals surface area contributed by atoms with E-state index in [2.05, 4.69) is 6.07 Å². The summed E-state index contributed by atoms with van der Waals surface area (Å²) in [6.45, 7) is 0.680. The highest BCUT2D eigenvalue weighted by Crippen LogP contribution is 2.38. The van der Waals surface area contributed by atoms with E-state index in [1.54, 1.807) is 11.9 Å². The highest BCUT2D eigenvalue weighted by Gasteiger charge is 2.42. The lowest BCUT2D eigenvalue weighted by Gasteiger charge is -2.38. The van der Waals surface area contributed by atoms with Crippen molar-refractivity contribution >= 4 is 5.91 Å². The van der Waals surface area contributed by atoms with E-state index in [4.69, 9.17) is 0 Å². The van der Waals surface area contributed by atoms with E-state index < -0.39 is 5.41 Å². The van der Waals surface area contributed by atoms with Gasteiger partial charge in [0.1, 0.15) is 5.41 Å². The van der Waals surface area contributed by atoms with E-state index in [1.165, 1.54) is 0 Å². The fraction of sp³-hybridized carbons (Fsp3) is 0.857. The first-order valence-electron chi connectivity index (χ1n) is 6.92. The number of hydrogen-bond acceptors (Lipinski definition) is 3. The molecule has 0 unspecified atom stereocenters. The van der Waals surface area contributed by atoms with E-state index in [-0.39, 0.29) is 12.0 Å². The fourth-order valence-corrected chi connectivity index (χ4v) is 3.21. The van der Waals surface area contributed by atoms with Gasteiger partial charge in [0.15, 0.2) is 0 Å². The molecule has 2 aliphatic carbocycles. The Morgan fingerprint density at radius 2 is 2.00 bits per heavy atom. The molecule has 0 atom stereocenters. The van der Waals surface area contributed by atoms with E-state index in [1.807, 2.05) is 0 Å². The van der Waals surface area contributed by atoms with Gasteiger partial charge in [0.25, 0.3) is 0 Å². The van der Waals surface area contributed by atoms with Crippen LogP contribution in [0.5, 0.6) is 0 Å². The molecule has 2 saturated carbocycles. The maximum absolute atomic E-state index is 12.4. The van der Waals surface area contributed by atoms with Gasteiger partial charge >= 0.3 is 0 Å². The lowest BCUT2D eigenvalue weighted by atomic mass is 9.74. The normalized spacial score (nSPS) is 30.1. The number of rotatable bonds is 3. The highest BCUT2D eigenvalue weighted by molar-refractivity contribution is 5.85. The van der Waals surface area contributed by atoms with Crippen molar-refractivity contribution in [3.8, 4) is 6.07 Å². The van der Waals surface area contributed by atoms with Crippen LogP contribution in [0.25, 0.3) is 0 Å². The molecule has 0 aliphatic heterocycles. The second-order valence-corrected chi connectivity index (χ2v) is 5.93. The minimum Gasteiger partial charge on any atom is -0.393 e. The second-order valence-electron chi connectivity index (χ2n) is 5.93. The predicted molar refractivity (Wildman–Crippen MR) is 67.5 cm³/mol. The molecule has 2 fully saturated rings. The van der Waals surface area contributed by atoms with Gasteiger partial charge in [-0.05, 0) is 31.6 Å². The van der Waals surface area contributed by atoms with Gasteiger partial charge in [-0.15, -0.1) is 0 Å². The first-order valence-corrected chi connectivity index (χ1v) is 6.92. The molecule has 18 heavy (non-hydrogen) atoms. The van der Waals surface area contributed by atoms with Crippen LogP contribution in [0.4, 0.5) is 0 Å². The summed E-state index contributed by atoms with van der Waals surface area (Å²) in [6, 6.07) is 2.28. The van der Waals surface area contributed by atoms with Gasteiger partial charge in [0, 0.05) is 13.6 Å². The summed E-state index contributed by atoms with van der Waals surface area (Å²) in [6.07, 6.45) is 5.91. The Morgan fingerprint density at radius 3 is 2.50 bits per heavy atom. The van der Waals surface area contributed by atoms with Crippen LogP contribution >= 0.6 is 0 Å². The molecule has 100 valence electrons. The third-order valence-electron chi connectivity index (χ3n) is 4.42. The zero-order valence-electron chi connectivity index (χ0n) is 11.1. The van der Waals surface area contributed by atoms with Gasteiger partial charge < -0.3 is 10.0 Å². The zero-order valence-corrected chi connectivity index (χ0v) is 11.1. The van der Waals surface area contributed by atoms with E-state index in [0.29, 0.717) is 25.3 Å². The molecule has 4 heteroatoms. The van der Waals surface area contributed by atoms with Crippen LogP contribution < -0.4 is 0 Å². The fourth-order valence-electron chi connectivity index (χ4n) is 3.21. The van der Waals surface area contributed by atoms with Gasteiger partial charge in [-0.25, -0.2) is 0 Å². The van der Waals surface area contributed by atoms with Crippen molar-refractivity contribution in [3.63, 3.8) is 0 Å². The first-order chi connectivity index (χ1) is 8.57. The van der Waals surface area contributed by atoms with Crippen molar-refractivity contribution in [2.45, 2.75) is 51.0 Å². The van der Waals surface area contributed by atoms with Crippen molar-refractivity contribution in [2.24, 2.45) is 11.3 Å². The van der Waals surface area contributed by atoms with Crippen LogP contribution in [0.3, 0.4) is 0 Å². The summed E-state index contributed by atoms with van der Waals surface area (Å²) in [4.78, 5) is 14.2. The molecule has 0 bridgehead atoms. The number of carbonyl (C=O) groups is 1. The molecule has 0 heterocycles. The number of aliphatic hydroxyl groups is 1. The van der Waals surface area contributed by atoms with Crippen LogP contribution in [-0.4, -0.2) is 35.6 Å². The van der Waals surface area contributed by atoms with Gasteiger partial charge in [-0.2, -0.15) is 5.26 Å². The third-order valence-corrected chi connectivity index (χ3v) is 4.42. The largest absolute Gasteiger partial charge is 0.393 e. The standard InChI is InChI=1S/C14H22N2O2/c1-16(9-11-7-12(17)8-11)13(18)14(10-15)5-3-2-4-6-14/h11-12,17H,2-9H2,1H3. The number of nitriles is 1. The van der Waals surface area contributed by atoms with Crippen molar-refractivity contribution < 1.29 is 9.90 Å². The Balaban J connectivity index is 1.94. The van der Waals surface area contributed by atoms with Crippen LogP contribution in [-0.2, 0) is 4.79 Å². The van der Waals surface area contributed by atoms with E-state index in [9.17, 15) is 15.2 Å². The SMILES string of the molecule is CN(CC1CC(O)C1)C(=O)C1(C#N)CCCCC1. The van der Waals surface area contributed by atoms with E-state index >= 15 is 0 Å². The maximum atomic E-state index is 12.4. The number of nitrogens with zero attached hydrogens (tertiary/aromatic N) is 2. The van der Waals surface area contributed by atoms with Crippen molar-refractivity contribution in [2.75, 3.05) is 13.6 Å². The average Bonchev–Trinajstić information content (AvgIpc) is 2.36. The highest BCUT2D eigenvalue weighted by atomic mass is 16.3. The second kappa shape index (κ2) is 5.27. The maximum Gasteiger partial charge on any atom is 0.242 e. The number of amides is 1.